The number of aromatic nitrogens is 1. The predicted molar refractivity (Wildman–Crippen MR) is 114 cm³/mol. The van der Waals surface area contributed by atoms with Gasteiger partial charge < -0.3 is 9.67 Å². The molecule has 8 heteroatoms. The summed E-state index contributed by atoms with van der Waals surface area (Å²) < 4.78 is 30.7. The molecule has 0 aliphatic heterocycles. The summed E-state index contributed by atoms with van der Waals surface area (Å²) in [4.78, 5) is 11.1. The van der Waals surface area contributed by atoms with Crippen LogP contribution in [0.1, 0.15) is 24.1 Å². The number of anilines is 1. The van der Waals surface area contributed by atoms with Crippen molar-refractivity contribution in [2.75, 3.05) is 4.72 Å². The minimum atomic E-state index is -3.57. The van der Waals surface area contributed by atoms with Gasteiger partial charge in [0.2, 0.25) is 10.0 Å². The quantitative estimate of drug-likeness (QED) is 0.614. The van der Waals surface area contributed by atoms with E-state index in [1.807, 2.05) is 28.8 Å². The number of benzene rings is 2. The van der Waals surface area contributed by atoms with Crippen molar-refractivity contribution in [1.82, 2.24) is 4.57 Å². The van der Waals surface area contributed by atoms with Crippen molar-refractivity contribution in [2.45, 2.75) is 37.5 Å². The van der Waals surface area contributed by atoms with E-state index in [1.54, 1.807) is 24.3 Å². The Bertz CT molecular complexity index is 1170. The van der Waals surface area contributed by atoms with E-state index in [4.69, 9.17) is 16.7 Å². The highest BCUT2D eigenvalue weighted by molar-refractivity contribution is 7.93. The molecule has 6 nitrogen and oxygen atoms in total. The van der Waals surface area contributed by atoms with Gasteiger partial charge in [-0.2, -0.15) is 0 Å². The van der Waals surface area contributed by atoms with Crippen molar-refractivity contribution < 1.29 is 18.3 Å². The molecular formula is C21H21ClN2O4S. The van der Waals surface area contributed by atoms with E-state index in [0.29, 0.717) is 36.5 Å². The highest BCUT2D eigenvalue weighted by atomic mass is 35.5. The summed E-state index contributed by atoms with van der Waals surface area (Å²) in [7, 11) is -3.57. The lowest BCUT2D eigenvalue weighted by molar-refractivity contribution is -0.137. The number of nitrogens with one attached hydrogen (secondary N) is 1. The van der Waals surface area contributed by atoms with E-state index >= 15 is 0 Å². The Kier molecular flexibility index (Phi) is 5.27. The van der Waals surface area contributed by atoms with Crippen LogP contribution in [0.25, 0.3) is 10.9 Å². The average Bonchev–Trinajstić information content (AvgIpc) is 3.01. The van der Waals surface area contributed by atoms with Crippen molar-refractivity contribution in [3.63, 3.8) is 0 Å². The van der Waals surface area contributed by atoms with Gasteiger partial charge in [-0.25, -0.2) is 8.42 Å². The normalized spacial score (nSPS) is 16.5. The molecule has 1 heterocycles. The number of hydrogen-bond donors (Lipinski definition) is 2. The number of nitrogens with zero attached hydrogens (tertiary/aromatic N) is 1. The van der Waals surface area contributed by atoms with E-state index < -0.39 is 21.2 Å². The minimum absolute atomic E-state index is 0.0327. The number of halogens is 1. The Labute approximate surface area is 174 Å². The van der Waals surface area contributed by atoms with Crippen molar-refractivity contribution in [2.24, 2.45) is 0 Å². The third kappa shape index (κ3) is 3.97. The zero-order chi connectivity index (χ0) is 20.6. The topological polar surface area (TPSA) is 88.4 Å². The molecule has 0 saturated heterocycles. The van der Waals surface area contributed by atoms with Gasteiger partial charge in [-0.05, 0) is 55.2 Å². The van der Waals surface area contributed by atoms with Crippen LogP contribution in [0.15, 0.2) is 48.5 Å². The predicted octanol–water partition coefficient (Wildman–Crippen LogP) is 4.07. The van der Waals surface area contributed by atoms with E-state index in [9.17, 15) is 13.2 Å². The number of hydrogen-bond acceptors (Lipinski definition) is 3. The number of sulfonamides is 1. The summed E-state index contributed by atoms with van der Waals surface area (Å²) in [5.41, 5.74) is 3.50. The molecule has 2 aromatic carbocycles. The van der Waals surface area contributed by atoms with Gasteiger partial charge in [-0.15, -0.1) is 0 Å². The van der Waals surface area contributed by atoms with Crippen LogP contribution in [0.3, 0.4) is 0 Å². The van der Waals surface area contributed by atoms with Gasteiger partial charge >= 0.3 is 5.97 Å². The fourth-order valence-corrected chi connectivity index (χ4v) is 5.63. The first-order valence-electron chi connectivity index (χ1n) is 9.43. The molecule has 2 N–H and O–H groups in total. The van der Waals surface area contributed by atoms with Gasteiger partial charge in [0.15, 0.2) is 0 Å². The molecule has 1 aliphatic carbocycles. The second-order valence-electron chi connectivity index (χ2n) is 7.26. The Morgan fingerprint density at radius 2 is 1.90 bits per heavy atom. The standard InChI is InChI=1S/C21H21ClN2O4S/c22-14-5-7-15(8-6-14)23-29(27,28)16-9-10-20-18(13-16)17-3-1-2-4-19(17)24(20)12-11-21(25)26/h1-8,16,23H,9-13H2,(H,25,26). The second kappa shape index (κ2) is 7.72. The number of aryl methyl sites for hydroxylation is 1. The molecule has 0 saturated carbocycles. The molecule has 1 aromatic heterocycles. The molecule has 1 unspecified atom stereocenters. The molecule has 4 rings (SSSR count). The Morgan fingerprint density at radius 1 is 1.17 bits per heavy atom. The average molecular weight is 433 g/mol. The van der Waals surface area contributed by atoms with Crippen molar-refractivity contribution in [3.05, 3.63) is 64.8 Å². The smallest absolute Gasteiger partial charge is 0.305 e. The zero-order valence-corrected chi connectivity index (χ0v) is 17.2. The summed E-state index contributed by atoms with van der Waals surface area (Å²) >= 11 is 5.87. The highest BCUT2D eigenvalue weighted by Crippen LogP contribution is 2.35. The monoisotopic (exact) mass is 432 g/mol. The number of carboxylic acids is 1. The lowest BCUT2D eigenvalue weighted by Crippen LogP contribution is -2.33. The van der Waals surface area contributed by atoms with E-state index in [1.165, 1.54) is 0 Å². The summed E-state index contributed by atoms with van der Waals surface area (Å²) in [5.74, 6) is -0.847. The first kappa shape index (κ1) is 19.8. The number of aliphatic carboxylic acids is 1. The Balaban J connectivity index is 1.65. The first-order valence-corrected chi connectivity index (χ1v) is 11.4. The summed E-state index contributed by atoms with van der Waals surface area (Å²) in [6.45, 7) is 0.381. The largest absolute Gasteiger partial charge is 0.481 e. The molecule has 3 aromatic rings. The van der Waals surface area contributed by atoms with Crippen LogP contribution in [0.2, 0.25) is 5.02 Å². The van der Waals surface area contributed by atoms with Gasteiger partial charge in [0.05, 0.1) is 11.7 Å². The number of rotatable bonds is 6. The fourth-order valence-electron chi connectivity index (χ4n) is 4.06. The maximum atomic E-state index is 13.0. The van der Waals surface area contributed by atoms with Crippen LogP contribution in [0.5, 0.6) is 0 Å². The first-order chi connectivity index (χ1) is 13.8. The second-order valence-corrected chi connectivity index (χ2v) is 9.65. The molecule has 0 bridgehead atoms. The van der Waals surface area contributed by atoms with Crippen molar-refractivity contribution in [1.29, 1.82) is 0 Å². The molecule has 1 aliphatic rings. The lowest BCUT2D eigenvalue weighted by Gasteiger charge is -2.24. The van der Waals surface area contributed by atoms with Crippen LogP contribution >= 0.6 is 11.6 Å². The maximum Gasteiger partial charge on any atom is 0.305 e. The molecule has 0 spiro atoms. The number of carbonyl (C=O) groups is 1. The van der Waals surface area contributed by atoms with Crippen LogP contribution < -0.4 is 4.72 Å². The Morgan fingerprint density at radius 3 is 2.62 bits per heavy atom. The van der Waals surface area contributed by atoms with Crippen molar-refractivity contribution in [3.8, 4) is 0 Å². The van der Waals surface area contributed by atoms with Crippen LogP contribution in [-0.2, 0) is 34.2 Å². The molecule has 152 valence electrons. The number of fused-ring (bicyclic) bond motifs is 3. The summed E-state index contributed by atoms with van der Waals surface area (Å²) in [6.07, 6.45) is 1.51. The van der Waals surface area contributed by atoms with Gasteiger partial charge in [0.1, 0.15) is 0 Å². The lowest BCUT2D eigenvalue weighted by atomic mass is 9.95. The molecule has 0 radical (unpaired) electrons. The fraction of sp³-hybridized carbons (Fsp3) is 0.286. The molecule has 29 heavy (non-hydrogen) atoms. The van der Waals surface area contributed by atoms with E-state index in [0.717, 1.165) is 22.2 Å². The highest BCUT2D eigenvalue weighted by Gasteiger charge is 2.33. The van der Waals surface area contributed by atoms with Crippen LogP contribution in [0, 0.1) is 0 Å². The number of carboxylic acid groups (broad SMARTS) is 1. The van der Waals surface area contributed by atoms with Gasteiger partial charge in [0.25, 0.3) is 0 Å². The van der Waals surface area contributed by atoms with Gasteiger partial charge in [-0.3, -0.25) is 9.52 Å². The van der Waals surface area contributed by atoms with Crippen LogP contribution in [-0.4, -0.2) is 29.3 Å². The third-order valence-electron chi connectivity index (χ3n) is 5.42. The van der Waals surface area contributed by atoms with E-state index in [2.05, 4.69) is 4.72 Å². The number of para-hydroxylation sites is 1. The maximum absolute atomic E-state index is 13.0. The molecular weight excluding hydrogens is 412 g/mol. The zero-order valence-electron chi connectivity index (χ0n) is 15.6. The Hall–Kier alpha value is -2.51. The van der Waals surface area contributed by atoms with Gasteiger partial charge in [0, 0.05) is 33.9 Å². The van der Waals surface area contributed by atoms with Crippen molar-refractivity contribution >= 4 is 44.2 Å². The van der Waals surface area contributed by atoms with E-state index in [-0.39, 0.29) is 6.42 Å². The third-order valence-corrected chi connectivity index (χ3v) is 7.47. The molecule has 0 fully saturated rings. The minimum Gasteiger partial charge on any atom is -0.481 e. The van der Waals surface area contributed by atoms with Crippen LogP contribution in [0.4, 0.5) is 5.69 Å². The summed E-state index contributed by atoms with van der Waals surface area (Å²) in [5, 5.41) is 10.1. The SMILES string of the molecule is O=C(O)CCn1c2c(c3ccccc31)CC(S(=O)(=O)Nc1ccc(Cl)cc1)CC2. The molecule has 0 amide bonds. The summed E-state index contributed by atoms with van der Waals surface area (Å²) in [6, 6.07) is 14.4. The molecule has 1 atom stereocenters. The van der Waals surface area contributed by atoms with Gasteiger partial charge in [-0.1, -0.05) is 29.8 Å².